The summed E-state index contributed by atoms with van der Waals surface area (Å²) in [5, 5.41) is 0. The average molecular weight is 285 g/mol. The normalized spacial score (nSPS) is 20.2. The van der Waals surface area contributed by atoms with Crippen molar-refractivity contribution < 1.29 is 9.53 Å². The third-order valence-corrected chi connectivity index (χ3v) is 5.12. The number of hydrogen-bond donors (Lipinski definition) is 0. The fourth-order valence-corrected chi connectivity index (χ4v) is 4.13. The van der Waals surface area contributed by atoms with Gasteiger partial charge >= 0.3 is 0 Å². The second kappa shape index (κ2) is 6.03. The summed E-state index contributed by atoms with van der Waals surface area (Å²) in [7, 11) is 1.72. The summed E-state index contributed by atoms with van der Waals surface area (Å²) in [5.41, 5.74) is 3.62. The van der Waals surface area contributed by atoms with E-state index in [1.165, 1.54) is 36.0 Å². The van der Waals surface area contributed by atoms with Crippen molar-refractivity contribution in [2.24, 2.45) is 4.99 Å². The Morgan fingerprint density at radius 3 is 2.57 bits per heavy atom. The van der Waals surface area contributed by atoms with Gasteiger partial charge in [-0.25, -0.2) is 4.79 Å². The highest BCUT2D eigenvalue weighted by Crippen LogP contribution is 2.48. The maximum absolute atomic E-state index is 11.0. The summed E-state index contributed by atoms with van der Waals surface area (Å²) < 4.78 is 5.65. The number of methoxy groups -OCH3 is 1. The van der Waals surface area contributed by atoms with Crippen LogP contribution in [0.25, 0.3) is 0 Å². The standard InChI is InChI=1S/C18H23NO2/c1-21-16-10-9-14-7-3-2-4-8-15(14)17(16)18(19-13-20)11-5-6-12-18/h9-10H,2-8,11-12H2,1H3. The van der Waals surface area contributed by atoms with E-state index in [1.807, 2.05) is 6.08 Å². The van der Waals surface area contributed by atoms with Crippen LogP contribution in [0.1, 0.15) is 61.6 Å². The molecule has 1 saturated carbocycles. The number of benzene rings is 1. The first-order valence-electron chi connectivity index (χ1n) is 8.09. The van der Waals surface area contributed by atoms with Crippen molar-refractivity contribution in [3.05, 3.63) is 28.8 Å². The summed E-state index contributed by atoms with van der Waals surface area (Å²) in [6, 6.07) is 4.27. The molecule has 1 aromatic rings. The highest BCUT2D eigenvalue weighted by Gasteiger charge is 2.40. The molecule has 21 heavy (non-hydrogen) atoms. The second-order valence-corrected chi connectivity index (χ2v) is 6.28. The summed E-state index contributed by atoms with van der Waals surface area (Å²) >= 11 is 0. The Bertz CT molecular complexity index is 567. The Balaban J connectivity index is 2.21. The number of nitrogens with zero attached hydrogens (tertiary/aromatic N) is 1. The molecule has 0 heterocycles. The number of carbonyl (C=O) groups excluding carboxylic acids is 1. The topological polar surface area (TPSA) is 38.7 Å². The first-order valence-corrected chi connectivity index (χ1v) is 8.09. The number of ether oxygens (including phenoxy) is 1. The van der Waals surface area contributed by atoms with Gasteiger partial charge in [-0.2, -0.15) is 4.99 Å². The molecule has 0 aromatic heterocycles. The lowest BCUT2D eigenvalue weighted by Crippen LogP contribution is -2.23. The molecule has 1 aromatic carbocycles. The van der Waals surface area contributed by atoms with Crippen LogP contribution in [-0.4, -0.2) is 13.2 Å². The summed E-state index contributed by atoms with van der Waals surface area (Å²) in [5.74, 6) is 0.900. The molecule has 0 saturated heterocycles. The first-order chi connectivity index (χ1) is 10.3. The molecule has 112 valence electrons. The van der Waals surface area contributed by atoms with E-state index >= 15 is 0 Å². The molecule has 2 aliphatic rings. The van der Waals surface area contributed by atoms with Gasteiger partial charge in [0.1, 0.15) is 11.3 Å². The number of isocyanates is 1. The van der Waals surface area contributed by atoms with Crippen LogP contribution < -0.4 is 4.74 Å². The Labute approximate surface area is 126 Å². The predicted octanol–water partition coefficient (Wildman–Crippen LogP) is 4.07. The molecular weight excluding hydrogens is 262 g/mol. The molecule has 0 unspecified atom stereocenters. The van der Waals surface area contributed by atoms with Gasteiger partial charge in [-0.05, 0) is 55.7 Å². The van der Waals surface area contributed by atoms with E-state index in [1.54, 1.807) is 7.11 Å². The maximum Gasteiger partial charge on any atom is 0.235 e. The SMILES string of the molecule is COc1ccc2c(c1C1(N=C=O)CCCC1)CCCCC2. The molecule has 0 N–H and O–H groups in total. The van der Waals surface area contributed by atoms with Crippen molar-refractivity contribution in [1.29, 1.82) is 0 Å². The van der Waals surface area contributed by atoms with Gasteiger partial charge in [0.15, 0.2) is 0 Å². The Morgan fingerprint density at radius 1 is 1.10 bits per heavy atom. The fourth-order valence-electron chi connectivity index (χ4n) is 4.13. The number of hydrogen-bond acceptors (Lipinski definition) is 3. The maximum atomic E-state index is 11.0. The van der Waals surface area contributed by atoms with Crippen LogP contribution in [0.4, 0.5) is 0 Å². The van der Waals surface area contributed by atoms with Crippen LogP contribution in [0.5, 0.6) is 5.75 Å². The van der Waals surface area contributed by atoms with Crippen LogP contribution in [0, 0.1) is 0 Å². The van der Waals surface area contributed by atoms with Gasteiger partial charge in [-0.3, -0.25) is 0 Å². The lowest BCUT2D eigenvalue weighted by atomic mass is 9.81. The highest BCUT2D eigenvalue weighted by atomic mass is 16.5. The molecule has 3 rings (SSSR count). The fraction of sp³-hybridized carbons (Fsp3) is 0.611. The summed E-state index contributed by atoms with van der Waals surface area (Å²) in [6.45, 7) is 0. The second-order valence-electron chi connectivity index (χ2n) is 6.28. The smallest absolute Gasteiger partial charge is 0.235 e. The van der Waals surface area contributed by atoms with E-state index < -0.39 is 0 Å². The zero-order valence-electron chi connectivity index (χ0n) is 12.8. The van der Waals surface area contributed by atoms with E-state index in [9.17, 15) is 4.79 Å². The lowest BCUT2D eigenvalue weighted by Gasteiger charge is -2.29. The van der Waals surface area contributed by atoms with Crippen molar-refractivity contribution in [2.75, 3.05) is 7.11 Å². The Hall–Kier alpha value is -1.60. The van der Waals surface area contributed by atoms with Gasteiger partial charge < -0.3 is 4.74 Å². The average Bonchev–Trinajstić information content (AvgIpc) is 2.84. The van der Waals surface area contributed by atoms with E-state index in [4.69, 9.17) is 4.74 Å². The molecule has 2 aliphatic carbocycles. The molecule has 0 atom stereocenters. The van der Waals surface area contributed by atoms with Gasteiger partial charge in [0, 0.05) is 5.56 Å². The molecule has 0 amide bonds. The van der Waals surface area contributed by atoms with E-state index in [0.717, 1.165) is 44.3 Å². The number of rotatable bonds is 3. The first kappa shape index (κ1) is 14.3. The number of aliphatic imine (C=N–C) groups is 1. The zero-order valence-corrected chi connectivity index (χ0v) is 12.8. The van der Waals surface area contributed by atoms with E-state index in [2.05, 4.69) is 17.1 Å². The molecule has 0 spiro atoms. The van der Waals surface area contributed by atoms with Gasteiger partial charge in [0.25, 0.3) is 0 Å². The molecule has 0 bridgehead atoms. The number of fused-ring (bicyclic) bond motifs is 1. The van der Waals surface area contributed by atoms with Crippen LogP contribution in [0.3, 0.4) is 0 Å². The van der Waals surface area contributed by atoms with Crippen LogP contribution in [-0.2, 0) is 23.2 Å². The van der Waals surface area contributed by atoms with Gasteiger partial charge in [0.05, 0.1) is 7.11 Å². The molecular formula is C18H23NO2. The molecule has 0 aliphatic heterocycles. The lowest BCUT2D eigenvalue weighted by molar-refractivity contribution is 0.376. The minimum atomic E-state index is -0.386. The minimum absolute atomic E-state index is 0.386. The predicted molar refractivity (Wildman–Crippen MR) is 82.5 cm³/mol. The van der Waals surface area contributed by atoms with Crippen molar-refractivity contribution in [2.45, 2.75) is 63.3 Å². The van der Waals surface area contributed by atoms with Crippen LogP contribution in [0.2, 0.25) is 0 Å². The third kappa shape index (κ3) is 2.51. The van der Waals surface area contributed by atoms with Crippen LogP contribution in [0.15, 0.2) is 17.1 Å². The zero-order chi connectivity index (χ0) is 14.7. The monoisotopic (exact) mass is 285 g/mol. The summed E-state index contributed by atoms with van der Waals surface area (Å²) in [4.78, 5) is 15.3. The van der Waals surface area contributed by atoms with Gasteiger partial charge in [-0.1, -0.05) is 25.3 Å². The summed E-state index contributed by atoms with van der Waals surface area (Å²) in [6.07, 6.45) is 11.9. The Morgan fingerprint density at radius 2 is 1.86 bits per heavy atom. The van der Waals surface area contributed by atoms with Crippen molar-refractivity contribution in [3.63, 3.8) is 0 Å². The van der Waals surface area contributed by atoms with Gasteiger partial charge in [0.2, 0.25) is 6.08 Å². The largest absolute Gasteiger partial charge is 0.496 e. The molecule has 1 fully saturated rings. The minimum Gasteiger partial charge on any atom is -0.496 e. The van der Waals surface area contributed by atoms with Gasteiger partial charge in [-0.15, -0.1) is 0 Å². The molecule has 3 heteroatoms. The van der Waals surface area contributed by atoms with Crippen LogP contribution >= 0.6 is 0 Å². The van der Waals surface area contributed by atoms with Crippen molar-refractivity contribution in [1.82, 2.24) is 0 Å². The molecule has 0 radical (unpaired) electrons. The highest BCUT2D eigenvalue weighted by molar-refractivity contribution is 5.52. The number of aryl methyl sites for hydroxylation is 1. The van der Waals surface area contributed by atoms with E-state index in [0.29, 0.717) is 0 Å². The molecule has 3 nitrogen and oxygen atoms in total. The quantitative estimate of drug-likeness (QED) is 0.477. The third-order valence-electron chi connectivity index (χ3n) is 5.12. The Kier molecular flexibility index (Phi) is 4.12. The van der Waals surface area contributed by atoms with Crippen molar-refractivity contribution in [3.8, 4) is 5.75 Å². The van der Waals surface area contributed by atoms with Crippen molar-refractivity contribution >= 4 is 6.08 Å². The van der Waals surface area contributed by atoms with E-state index in [-0.39, 0.29) is 5.54 Å².